The van der Waals surface area contributed by atoms with Crippen LogP contribution in [0.5, 0.6) is 0 Å². The predicted molar refractivity (Wildman–Crippen MR) is 70.5 cm³/mol. The smallest absolute Gasteiger partial charge is 0.0342 e. The summed E-state index contributed by atoms with van der Waals surface area (Å²) in [5.41, 5.74) is 8.41. The van der Waals surface area contributed by atoms with Crippen molar-refractivity contribution in [2.75, 3.05) is 20.1 Å². The summed E-state index contributed by atoms with van der Waals surface area (Å²) in [7, 11) is 2.15. The number of hydrogen-bond acceptors (Lipinski definition) is 2. The van der Waals surface area contributed by atoms with Crippen molar-refractivity contribution in [2.24, 2.45) is 5.73 Å². The summed E-state index contributed by atoms with van der Waals surface area (Å²) in [5.74, 6) is 0. The molecule has 0 aliphatic carbocycles. The van der Waals surface area contributed by atoms with E-state index in [0.29, 0.717) is 6.04 Å². The molecule has 0 radical (unpaired) electrons. The summed E-state index contributed by atoms with van der Waals surface area (Å²) < 4.78 is 0. The van der Waals surface area contributed by atoms with E-state index in [1.165, 1.54) is 11.1 Å². The fraction of sp³-hybridized carbons (Fsp3) is 0.571. The van der Waals surface area contributed by atoms with E-state index in [1.807, 2.05) is 0 Å². The van der Waals surface area contributed by atoms with E-state index < -0.39 is 0 Å². The van der Waals surface area contributed by atoms with E-state index in [4.69, 9.17) is 5.73 Å². The molecule has 0 bridgehead atoms. The predicted octanol–water partition coefficient (Wildman–Crippen LogP) is 2.59. The molecule has 0 spiro atoms. The molecule has 0 saturated carbocycles. The van der Waals surface area contributed by atoms with Gasteiger partial charge in [-0.25, -0.2) is 0 Å². The van der Waals surface area contributed by atoms with Crippen LogP contribution in [0, 0.1) is 0 Å². The molecule has 0 amide bonds. The van der Waals surface area contributed by atoms with Crippen molar-refractivity contribution in [1.29, 1.82) is 0 Å². The molecule has 2 N–H and O–H groups in total. The summed E-state index contributed by atoms with van der Waals surface area (Å²) in [6, 6.07) is 9.46. The first-order valence-electron chi connectivity index (χ1n) is 6.22. The molecule has 0 heterocycles. The van der Waals surface area contributed by atoms with Crippen LogP contribution in [0.4, 0.5) is 0 Å². The fourth-order valence-corrected chi connectivity index (χ4v) is 2.14. The van der Waals surface area contributed by atoms with Crippen molar-refractivity contribution in [1.82, 2.24) is 4.90 Å². The molecule has 90 valence electrons. The number of nitrogens with two attached hydrogens (primary N) is 1. The molecule has 2 nitrogen and oxygen atoms in total. The highest BCUT2D eigenvalue weighted by molar-refractivity contribution is 5.25. The van der Waals surface area contributed by atoms with Gasteiger partial charge in [0.1, 0.15) is 0 Å². The first-order valence-corrected chi connectivity index (χ1v) is 6.22. The second kappa shape index (κ2) is 6.66. The van der Waals surface area contributed by atoms with Gasteiger partial charge in [0.2, 0.25) is 0 Å². The van der Waals surface area contributed by atoms with Crippen LogP contribution in [0.15, 0.2) is 24.3 Å². The lowest BCUT2D eigenvalue weighted by Gasteiger charge is -2.27. The van der Waals surface area contributed by atoms with Crippen molar-refractivity contribution in [3.63, 3.8) is 0 Å². The summed E-state index contributed by atoms with van der Waals surface area (Å²) >= 11 is 0. The van der Waals surface area contributed by atoms with Gasteiger partial charge in [-0.05, 0) is 31.0 Å². The molecule has 1 unspecified atom stereocenters. The Bertz CT molecular complexity index is 292. The van der Waals surface area contributed by atoms with E-state index in [-0.39, 0.29) is 0 Å². The maximum Gasteiger partial charge on any atom is 0.0342 e. The number of likely N-dealkylation sites (N-methyl/N-ethyl adjacent to an activating group) is 1. The third-order valence-electron chi connectivity index (χ3n) is 3.17. The highest BCUT2D eigenvalue weighted by Gasteiger charge is 2.13. The largest absolute Gasteiger partial charge is 0.329 e. The van der Waals surface area contributed by atoms with Gasteiger partial charge in [-0.3, -0.25) is 4.90 Å². The van der Waals surface area contributed by atoms with Gasteiger partial charge in [0.15, 0.2) is 0 Å². The van der Waals surface area contributed by atoms with Gasteiger partial charge in [-0.1, -0.05) is 38.1 Å². The molecule has 0 fully saturated rings. The SMILES string of the molecule is CCc1ccc(C(CC)N(C)CCN)cc1. The number of aryl methyl sites for hydroxylation is 1. The number of nitrogens with zero attached hydrogens (tertiary/aromatic N) is 1. The third kappa shape index (κ3) is 3.32. The molecule has 0 aromatic heterocycles. The lowest BCUT2D eigenvalue weighted by atomic mass is 10.0. The Labute approximate surface area is 99.5 Å². The van der Waals surface area contributed by atoms with Gasteiger partial charge in [-0.2, -0.15) is 0 Å². The Morgan fingerprint density at radius 3 is 2.25 bits per heavy atom. The van der Waals surface area contributed by atoms with Gasteiger partial charge in [-0.15, -0.1) is 0 Å². The van der Waals surface area contributed by atoms with E-state index in [2.05, 4.69) is 50.1 Å². The Morgan fingerprint density at radius 2 is 1.81 bits per heavy atom. The quantitative estimate of drug-likeness (QED) is 0.798. The van der Waals surface area contributed by atoms with Crippen LogP contribution in [0.25, 0.3) is 0 Å². The van der Waals surface area contributed by atoms with Crippen molar-refractivity contribution in [2.45, 2.75) is 32.7 Å². The summed E-state index contributed by atoms with van der Waals surface area (Å²) in [6.45, 7) is 6.09. The average molecular weight is 220 g/mol. The van der Waals surface area contributed by atoms with E-state index >= 15 is 0 Å². The first kappa shape index (κ1) is 13.2. The fourth-order valence-electron chi connectivity index (χ4n) is 2.14. The minimum Gasteiger partial charge on any atom is -0.329 e. The Balaban J connectivity index is 2.78. The zero-order valence-corrected chi connectivity index (χ0v) is 10.7. The van der Waals surface area contributed by atoms with E-state index in [1.54, 1.807) is 0 Å². The monoisotopic (exact) mass is 220 g/mol. The standard InChI is InChI=1S/C14H24N2/c1-4-12-6-8-13(9-7-12)14(5-2)16(3)11-10-15/h6-9,14H,4-5,10-11,15H2,1-3H3. The van der Waals surface area contributed by atoms with Crippen molar-refractivity contribution in [3.8, 4) is 0 Å². The topological polar surface area (TPSA) is 29.3 Å². The van der Waals surface area contributed by atoms with Crippen molar-refractivity contribution in [3.05, 3.63) is 35.4 Å². The molecule has 0 aliphatic heterocycles. The summed E-state index contributed by atoms with van der Waals surface area (Å²) in [5, 5.41) is 0. The summed E-state index contributed by atoms with van der Waals surface area (Å²) in [4.78, 5) is 2.33. The third-order valence-corrected chi connectivity index (χ3v) is 3.17. The van der Waals surface area contributed by atoms with Gasteiger partial charge in [0.25, 0.3) is 0 Å². The second-order valence-corrected chi connectivity index (χ2v) is 4.29. The molecular formula is C14H24N2. The van der Waals surface area contributed by atoms with Gasteiger partial charge in [0.05, 0.1) is 0 Å². The molecule has 2 heteroatoms. The van der Waals surface area contributed by atoms with Crippen LogP contribution in [-0.4, -0.2) is 25.0 Å². The van der Waals surface area contributed by atoms with E-state index in [9.17, 15) is 0 Å². The van der Waals surface area contributed by atoms with Crippen LogP contribution in [0.3, 0.4) is 0 Å². The molecule has 1 atom stereocenters. The molecule has 1 aromatic rings. The second-order valence-electron chi connectivity index (χ2n) is 4.29. The molecule has 1 rings (SSSR count). The minimum atomic E-state index is 0.495. The van der Waals surface area contributed by atoms with Crippen LogP contribution in [0.2, 0.25) is 0 Å². The Kier molecular flexibility index (Phi) is 5.50. The van der Waals surface area contributed by atoms with Crippen LogP contribution < -0.4 is 5.73 Å². The highest BCUT2D eigenvalue weighted by Crippen LogP contribution is 2.22. The van der Waals surface area contributed by atoms with Gasteiger partial charge in [0, 0.05) is 19.1 Å². The Morgan fingerprint density at radius 1 is 1.19 bits per heavy atom. The van der Waals surface area contributed by atoms with Crippen LogP contribution in [0.1, 0.15) is 37.4 Å². The maximum atomic E-state index is 5.60. The van der Waals surface area contributed by atoms with Gasteiger partial charge < -0.3 is 5.73 Å². The lowest BCUT2D eigenvalue weighted by Crippen LogP contribution is -2.29. The zero-order valence-electron chi connectivity index (χ0n) is 10.7. The van der Waals surface area contributed by atoms with Crippen LogP contribution >= 0.6 is 0 Å². The zero-order chi connectivity index (χ0) is 12.0. The molecule has 1 aromatic carbocycles. The van der Waals surface area contributed by atoms with E-state index in [0.717, 1.165) is 25.9 Å². The molecule has 0 saturated heterocycles. The maximum absolute atomic E-state index is 5.60. The molecule has 16 heavy (non-hydrogen) atoms. The highest BCUT2D eigenvalue weighted by atomic mass is 15.1. The van der Waals surface area contributed by atoms with Crippen molar-refractivity contribution >= 4 is 0 Å². The summed E-state index contributed by atoms with van der Waals surface area (Å²) in [6.07, 6.45) is 2.23. The first-order chi connectivity index (χ1) is 7.72. The number of benzene rings is 1. The number of hydrogen-bond donors (Lipinski definition) is 1. The normalized spacial score (nSPS) is 13.1. The minimum absolute atomic E-state index is 0.495. The van der Waals surface area contributed by atoms with Crippen LogP contribution in [-0.2, 0) is 6.42 Å². The number of rotatable bonds is 6. The molecular weight excluding hydrogens is 196 g/mol. The van der Waals surface area contributed by atoms with Crippen molar-refractivity contribution < 1.29 is 0 Å². The Hall–Kier alpha value is -0.860. The molecule has 0 aliphatic rings. The lowest BCUT2D eigenvalue weighted by molar-refractivity contribution is 0.245. The average Bonchev–Trinajstić information content (AvgIpc) is 2.31. The van der Waals surface area contributed by atoms with Gasteiger partial charge >= 0.3 is 0 Å².